The molecule has 12 heteroatoms. The van der Waals surface area contributed by atoms with Crippen molar-refractivity contribution in [3.8, 4) is 91.0 Å². The molecule has 0 atom stereocenters. The Morgan fingerprint density at radius 2 is 0.625 bits per heavy atom. The molecular weight excluding hydrogens is 1060 g/mol. The number of phenols is 2. The predicted molar refractivity (Wildman–Crippen MR) is 326 cm³/mol. The Kier molecular flexibility index (Phi) is 15.2. The molecule has 0 radical (unpaired) electrons. The number of hydrogen-bond donors (Lipinski definition) is 2. The number of phenolic OH excluding ortho intramolecular Hbond substituents is 2. The lowest BCUT2D eigenvalue weighted by Crippen LogP contribution is -2.41. The van der Waals surface area contributed by atoms with Crippen LogP contribution in [0, 0.1) is 0 Å². The van der Waals surface area contributed by atoms with E-state index < -0.39 is 7.12 Å². The summed E-state index contributed by atoms with van der Waals surface area (Å²) in [6.45, 7) is 8.23. The molecule has 1 saturated heterocycles. The molecule has 10 nitrogen and oxygen atoms in total. The van der Waals surface area contributed by atoms with E-state index in [4.69, 9.17) is 39.2 Å². The summed E-state index contributed by atoms with van der Waals surface area (Å²) in [7, 11) is -0.401. The topological polar surface area (TPSA) is 136 Å². The SMILES string of the molecule is CC1(C)OB(c2ccc(-c3nc(-c4ccccc4)nc(-c4ccccc4)n3)cc2)OC1(C)C.Oc1ccc2ccccc2c1-c1ccc(-c2nc(-c3ccccc3)nc(-c3ccccc3)n2)cc1.Oc1ccc2ccccc2c1Br. The summed E-state index contributed by atoms with van der Waals surface area (Å²) in [6, 6.07) is 79.1. The zero-order chi connectivity index (χ0) is 55.2. The number of aromatic hydroxyl groups is 2. The third-order valence-corrected chi connectivity index (χ3v) is 15.1. The molecular formula is C68H54BBrN6O4. The van der Waals surface area contributed by atoms with Crippen molar-refractivity contribution in [2.24, 2.45) is 0 Å². The molecule has 13 rings (SSSR count). The van der Waals surface area contributed by atoms with Gasteiger partial charge in [0.05, 0.1) is 15.7 Å². The maximum absolute atomic E-state index is 10.6. The molecule has 0 amide bonds. The fourth-order valence-electron chi connectivity index (χ4n) is 9.22. The van der Waals surface area contributed by atoms with Crippen LogP contribution in [0.4, 0.5) is 0 Å². The monoisotopic (exact) mass is 1110 g/mol. The minimum absolute atomic E-state index is 0.259. The van der Waals surface area contributed by atoms with Gasteiger partial charge in [-0.15, -0.1) is 0 Å². The van der Waals surface area contributed by atoms with E-state index in [1.165, 1.54) is 0 Å². The third-order valence-electron chi connectivity index (χ3n) is 14.3. The molecule has 1 aliphatic heterocycles. The summed E-state index contributed by atoms with van der Waals surface area (Å²) in [5, 5.41) is 24.3. The van der Waals surface area contributed by atoms with Crippen LogP contribution in [0.5, 0.6) is 11.5 Å². The fraction of sp³-hybridized carbons (Fsp3) is 0.0882. The molecule has 2 aromatic heterocycles. The Hall–Kier alpha value is -9.20. The second kappa shape index (κ2) is 23.0. The van der Waals surface area contributed by atoms with E-state index in [2.05, 4.69) is 43.6 Å². The largest absolute Gasteiger partial charge is 0.507 e. The van der Waals surface area contributed by atoms with Crippen LogP contribution < -0.4 is 5.46 Å². The summed E-state index contributed by atoms with van der Waals surface area (Å²) in [6.07, 6.45) is 0. The van der Waals surface area contributed by atoms with Crippen molar-refractivity contribution < 1.29 is 19.5 Å². The molecule has 12 aromatic rings. The van der Waals surface area contributed by atoms with Crippen molar-refractivity contribution in [2.45, 2.75) is 38.9 Å². The van der Waals surface area contributed by atoms with Crippen molar-refractivity contribution >= 4 is 50.1 Å². The zero-order valence-corrected chi connectivity index (χ0v) is 46.0. The molecule has 0 saturated carbocycles. The highest BCUT2D eigenvalue weighted by molar-refractivity contribution is 9.10. The van der Waals surface area contributed by atoms with Crippen molar-refractivity contribution in [1.29, 1.82) is 0 Å². The van der Waals surface area contributed by atoms with E-state index in [9.17, 15) is 10.2 Å². The first kappa shape index (κ1) is 52.8. The van der Waals surface area contributed by atoms with E-state index in [0.29, 0.717) is 34.9 Å². The lowest BCUT2D eigenvalue weighted by atomic mass is 9.79. The third kappa shape index (κ3) is 11.5. The molecule has 0 unspecified atom stereocenters. The van der Waals surface area contributed by atoms with Crippen LogP contribution in [0.1, 0.15) is 27.7 Å². The predicted octanol–water partition coefficient (Wildman–Crippen LogP) is 15.9. The highest BCUT2D eigenvalue weighted by Crippen LogP contribution is 2.39. The van der Waals surface area contributed by atoms with E-state index >= 15 is 0 Å². The number of halogens is 1. The lowest BCUT2D eigenvalue weighted by Gasteiger charge is -2.32. The van der Waals surface area contributed by atoms with Crippen molar-refractivity contribution in [3.63, 3.8) is 0 Å². The van der Waals surface area contributed by atoms with Gasteiger partial charge in [-0.2, -0.15) is 0 Å². The van der Waals surface area contributed by atoms with Gasteiger partial charge >= 0.3 is 7.12 Å². The Morgan fingerprint density at radius 1 is 0.325 bits per heavy atom. The average Bonchev–Trinajstić information content (AvgIpc) is 3.75. The van der Waals surface area contributed by atoms with Crippen molar-refractivity contribution in [1.82, 2.24) is 29.9 Å². The van der Waals surface area contributed by atoms with Gasteiger partial charge in [-0.1, -0.05) is 231 Å². The van der Waals surface area contributed by atoms with E-state index in [-0.39, 0.29) is 22.7 Å². The highest BCUT2D eigenvalue weighted by atomic mass is 79.9. The van der Waals surface area contributed by atoms with Gasteiger partial charge in [-0.05, 0) is 88.3 Å². The Morgan fingerprint density at radius 3 is 1.02 bits per heavy atom. The second-order valence-electron chi connectivity index (χ2n) is 20.2. The number of benzene rings is 10. The summed E-state index contributed by atoms with van der Waals surface area (Å²) in [5.41, 5.74) is 7.54. The van der Waals surface area contributed by atoms with Gasteiger partial charge in [-0.25, -0.2) is 29.9 Å². The van der Waals surface area contributed by atoms with Crippen LogP contribution in [-0.4, -0.2) is 58.4 Å². The normalized spacial score (nSPS) is 13.2. The number of hydrogen-bond acceptors (Lipinski definition) is 10. The van der Waals surface area contributed by atoms with Gasteiger partial charge in [0.25, 0.3) is 0 Å². The Balaban J connectivity index is 0.000000140. The molecule has 1 fully saturated rings. The van der Waals surface area contributed by atoms with Crippen molar-refractivity contribution in [2.75, 3.05) is 0 Å². The molecule has 80 heavy (non-hydrogen) atoms. The number of aromatic nitrogens is 6. The van der Waals surface area contributed by atoms with Crippen LogP contribution >= 0.6 is 15.9 Å². The first-order valence-corrected chi connectivity index (χ1v) is 27.0. The number of fused-ring (bicyclic) bond motifs is 2. The smallest absolute Gasteiger partial charge is 0.494 e. The molecule has 1 aliphatic rings. The molecule has 2 N–H and O–H groups in total. The lowest BCUT2D eigenvalue weighted by molar-refractivity contribution is 0.00578. The molecule has 390 valence electrons. The molecule has 3 heterocycles. The van der Waals surface area contributed by atoms with Crippen LogP contribution in [0.25, 0.3) is 101 Å². The zero-order valence-electron chi connectivity index (χ0n) is 44.4. The maximum Gasteiger partial charge on any atom is 0.494 e. The summed E-state index contributed by atoms with van der Waals surface area (Å²) >= 11 is 3.33. The van der Waals surface area contributed by atoms with Gasteiger partial charge < -0.3 is 19.5 Å². The summed E-state index contributed by atoms with van der Waals surface area (Å²) < 4.78 is 13.1. The van der Waals surface area contributed by atoms with Crippen LogP contribution in [-0.2, 0) is 9.31 Å². The van der Waals surface area contributed by atoms with Gasteiger partial charge in [0, 0.05) is 38.9 Å². The Bertz CT molecular complexity index is 3970. The van der Waals surface area contributed by atoms with Crippen LogP contribution in [0.3, 0.4) is 0 Å². The van der Waals surface area contributed by atoms with Gasteiger partial charge in [0.1, 0.15) is 11.5 Å². The molecule has 10 aromatic carbocycles. The molecule has 0 spiro atoms. The van der Waals surface area contributed by atoms with Crippen molar-refractivity contribution in [3.05, 3.63) is 247 Å². The summed E-state index contributed by atoms with van der Waals surface area (Å²) in [4.78, 5) is 28.7. The summed E-state index contributed by atoms with van der Waals surface area (Å²) in [5.74, 6) is 4.33. The average molecular weight is 1110 g/mol. The van der Waals surface area contributed by atoms with Gasteiger partial charge in [-0.3, -0.25) is 0 Å². The van der Waals surface area contributed by atoms with Gasteiger partial charge in [0.2, 0.25) is 0 Å². The maximum atomic E-state index is 10.6. The first-order chi connectivity index (χ1) is 38.9. The number of nitrogens with zero attached hydrogens (tertiary/aromatic N) is 6. The molecule has 0 bridgehead atoms. The standard InChI is InChI=1S/C31H21N3O.C27H26BN3O2.C10H7BrO/c35-27-20-19-21-9-7-8-14-26(21)28(27)22-15-17-25(18-16-22)31-33-29(23-10-3-1-4-11-23)32-30(34-31)24-12-5-2-6-13-24;1-26(2)27(3,4)33-28(32-26)22-17-15-21(16-18-22)25-30-23(19-11-7-5-8-12-19)29-24(31-25)20-13-9-6-10-14-20;11-10-8-4-2-1-3-7(8)5-6-9(10)12/h1-20,35H;5-18H,1-4H3;1-6,12H. The fourth-order valence-corrected chi connectivity index (χ4v) is 9.71. The second-order valence-corrected chi connectivity index (χ2v) is 21.0. The van der Waals surface area contributed by atoms with E-state index in [0.717, 1.165) is 76.0 Å². The number of rotatable bonds is 8. The quantitative estimate of drug-likeness (QED) is 0.142. The van der Waals surface area contributed by atoms with E-state index in [1.54, 1.807) is 12.1 Å². The first-order valence-electron chi connectivity index (χ1n) is 26.2. The van der Waals surface area contributed by atoms with Gasteiger partial charge in [0.15, 0.2) is 34.9 Å². The highest BCUT2D eigenvalue weighted by Gasteiger charge is 2.51. The Labute approximate surface area is 473 Å². The minimum Gasteiger partial charge on any atom is -0.507 e. The van der Waals surface area contributed by atoms with Crippen LogP contribution in [0.2, 0.25) is 0 Å². The van der Waals surface area contributed by atoms with Crippen LogP contribution in [0.15, 0.2) is 247 Å². The van der Waals surface area contributed by atoms with E-state index in [1.807, 2.05) is 231 Å². The minimum atomic E-state index is -0.401. The molecule has 0 aliphatic carbocycles.